The summed E-state index contributed by atoms with van der Waals surface area (Å²) < 4.78 is 33.8. The minimum atomic E-state index is -3.65. The molecule has 2 heterocycles. The van der Waals surface area contributed by atoms with Gasteiger partial charge in [0, 0.05) is 23.2 Å². The Balaban J connectivity index is 1.62. The Morgan fingerprint density at radius 1 is 1.17 bits per heavy atom. The van der Waals surface area contributed by atoms with Gasteiger partial charge in [-0.05, 0) is 37.1 Å². The summed E-state index contributed by atoms with van der Waals surface area (Å²) in [7, 11) is -3.65. The van der Waals surface area contributed by atoms with Crippen LogP contribution in [-0.2, 0) is 16.6 Å². The van der Waals surface area contributed by atoms with Crippen molar-refractivity contribution in [3.05, 3.63) is 57.9 Å². The second-order valence-electron chi connectivity index (χ2n) is 6.76. The molecular formula is C20H19ClN2O4S2. The minimum absolute atomic E-state index is 0.0301. The number of thiophene rings is 1. The molecule has 1 fully saturated rings. The molecule has 0 bridgehead atoms. The van der Waals surface area contributed by atoms with Crippen molar-refractivity contribution in [1.82, 2.24) is 4.31 Å². The summed E-state index contributed by atoms with van der Waals surface area (Å²) in [5.74, 6) is -0.521. The zero-order valence-corrected chi connectivity index (χ0v) is 17.8. The van der Waals surface area contributed by atoms with E-state index in [0.29, 0.717) is 18.1 Å². The molecule has 3 aromatic rings. The highest BCUT2D eigenvalue weighted by Gasteiger charge is 2.28. The van der Waals surface area contributed by atoms with Gasteiger partial charge in [-0.1, -0.05) is 29.8 Å². The first-order valence-corrected chi connectivity index (χ1v) is 11.7. The zero-order valence-electron chi connectivity index (χ0n) is 15.4. The van der Waals surface area contributed by atoms with E-state index in [1.165, 1.54) is 33.8 Å². The Bertz CT molecular complexity index is 1180. The van der Waals surface area contributed by atoms with Gasteiger partial charge in [0.15, 0.2) is 0 Å². The fourth-order valence-corrected chi connectivity index (χ4v) is 6.31. The number of halogens is 1. The maximum atomic E-state index is 12.8. The number of carbonyl (C=O) groups excluding carboxylic acids is 1. The van der Waals surface area contributed by atoms with Gasteiger partial charge in [-0.2, -0.15) is 4.31 Å². The van der Waals surface area contributed by atoms with Crippen LogP contribution < -0.4 is 10.5 Å². The number of benzene rings is 2. The van der Waals surface area contributed by atoms with Crippen molar-refractivity contribution >= 4 is 49.0 Å². The molecule has 0 aliphatic carbocycles. The number of rotatable bonds is 6. The quantitative estimate of drug-likeness (QED) is 0.614. The molecule has 2 aromatic carbocycles. The summed E-state index contributed by atoms with van der Waals surface area (Å²) in [5, 5.41) is 1.56. The van der Waals surface area contributed by atoms with E-state index in [1.807, 2.05) is 24.3 Å². The number of hydrogen-bond donors (Lipinski definition) is 1. The van der Waals surface area contributed by atoms with Gasteiger partial charge in [0.25, 0.3) is 5.91 Å². The third kappa shape index (κ3) is 3.85. The number of carbonyl (C=O) groups is 1. The molecule has 1 aromatic heterocycles. The molecule has 6 nitrogen and oxygen atoms in total. The fourth-order valence-electron chi connectivity index (χ4n) is 3.37. The standard InChI is InChI=1S/C20H19ClN2O4S2/c21-19-14-5-1-2-6-17(14)28-18(19)12-27-16-8-7-13(11-15(16)20(22)24)29(25,26)23-9-3-4-10-23/h1-2,5-8,11H,3-4,9-10,12H2,(H2,22,24). The van der Waals surface area contributed by atoms with E-state index in [1.54, 1.807) is 0 Å². The van der Waals surface area contributed by atoms with Gasteiger partial charge in [-0.3, -0.25) is 4.79 Å². The van der Waals surface area contributed by atoms with E-state index < -0.39 is 15.9 Å². The van der Waals surface area contributed by atoms with E-state index in [9.17, 15) is 13.2 Å². The molecule has 2 N–H and O–H groups in total. The lowest BCUT2D eigenvalue weighted by Gasteiger charge is -2.17. The molecule has 152 valence electrons. The van der Waals surface area contributed by atoms with Crippen LogP contribution in [-0.4, -0.2) is 31.7 Å². The van der Waals surface area contributed by atoms with Crippen LogP contribution in [0, 0.1) is 0 Å². The van der Waals surface area contributed by atoms with E-state index in [0.717, 1.165) is 27.8 Å². The molecule has 1 amide bonds. The average Bonchev–Trinajstić information content (AvgIpc) is 3.35. The molecule has 9 heteroatoms. The monoisotopic (exact) mass is 450 g/mol. The Morgan fingerprint density at radius 2 is 1.90 bits per heavy atom. The minimum Gasteiger partial charge on any atom is -0.487 e. The van der Waals surface area contributed by atoms with Crippen molar-refractivity contribution in [3.63, 3.8) is 0 Å². The van der Waals surface area contributed by atoms with Crippen molar-refractivity contribution in [1.29, 1.82) is 0 Å². The lowest BCUT2D eigenvalue weighted by Crippen LogP contribution is -2.28. The lowest BCUT2D eigenvalue weighted by molar-refractivity contribution is 0.0995. The predicted octanol–water partition coefficient (Wildman–Crippen LogP) is 4.02. The third-order valence-electron chi connectivity index (χ3n) is 4.88. The highest BCUT2D eigenvalue weighted by atomic mass is 35.5. The number of primary amides is 1. The second-order valence-corrected chi connectivity index (χ2v) is 10.2. The molecule has 1 aliphatic heterocycles. The molecule has 4 rings (SSSR count). The van der Waals surface area contributed by atoms with E-state index in [2.05, 4.69) is 0 Å². The van der Waals surface area contributed by atoms with Gasteiger partial charge in [-0.15, -0.1) is 11.3 Å². The third-order valence-corrected chi connectivity index (χ3v) is 8.46. The SMILES string of the molecule is NC(=O)c1cc(S(=O)(=O)N2CCCC2)ccc1OCc1sc2ccccc2c1Cl. The van der Waals surface area contributed by atoms with Gasteiger partial charge in [0.2, 0.25) is 10.0 Å². The summed E-state index contributed by atoms with van der Waals surface area (Å²) in [6.07, 6.45) is 1.66. The zero-order chi connectivity index (χ0) is 20.6. The Kier molecular flexibility index (Phi) is 5.52. The smallest absolute Gasteiger partial charge is 0.252 e. The van der Waals surface area contributed by atoms with Crippen molar-refractivity contribution < 1.29 is 17.9 Å². The van der Waals surface area contributed by atoms with Crippen LogP contribution in [0.3, 0.4) is 0 Å². The molecule has 0 spiro atoms. The first-order valence-electron chi connectivity index (χ1n) is 9.10. The molecule has 1 aliphatic rings. The van der Waals surface area contributed by atoms with Crippen molar-refractivity contribution in [2.24, 2.45) is 5.73 Å². The molecular weight excluding hydrogens is 432 g/mol. The molecule has 0 unspecified atom stereocenters. The first-order chi connectivity index (χ1) is 13.9. The predicted molar refractivity (Wildman–Crippen MR) is 114 cm³/mol. The maximum absolute atomic E-state index is 12.8. The van der Waals surface area contributed by atoms with Crippen molar-refractivity contribution in [2.45, 2.75) is 24.3 Å². The van der Waals surface area contributed by atoms with E-state index in [4.69, 9.17) is 22.1 Å². The second kappa shape index (κ2) is 7.95. The Labute approximate surface area is 177 Å². The number of ether oxygens (including phenoxy) is 1. The average molecular weight is 451 g/mol. The van der Waals surface area contributed by atoms with Crippen molar-refractivity contribution in [2.75, 3.05) is 13.1 Å². The Hall–Kier alpha value is -2.13. The number of fused-ring (bicyclic) bond motifs is 1. The van der Waals surface area contributed by atoms with Gasteiger partial charge in [0.1, 0.15) is 12.4 Å². The summed E-state index contributed by atoms with van der Waals surface area (Å²) in [4.78, 5) is 12.8. The van der Waals surface area contributed by atoms with Crippen LogP contribution in [0.4, 0.5) is 0 Å². The van der Waals surface area contributed by atoms with Gasteiger partial charge >= 0.3 is 0 Å². The largest absolute Gasteiger partial charge is 0.487 e. The van der Waals surface area contributed by atoms with Gasteiger partial charge < -0.3 is 10.5 Å². The first kappa shape index (κ1) is 20.2. The normalized spacial score (nSPS) is 15.1. The summed E-state index contributed by atoms with van der Waals surface area (Å²) in [6.45, 7) is 1.12. The number of amides is 1. The van der Waals surface area contributed by atoms with Gasteiger partial charge in [0.05, 0.1) is 20.4 Å². The summed E-state index contributed by atoms with van der Waals surface area (Å²) in [6, 6.07) is 12.0. The topological polar surface area (TPSA) is 89.7 Å². The molecule has 29 heavy (non-hydrogen) atoms. The lowest BCUT2D eigenvalue weighted by atomic mass is 10.2. The molecule has 1 saturated heterocycles. The van der Waals surface area contributed by atoms with Crippen LogP contribution in [0.15, 0.2) is 47.4 Å². The van der Waals surface area contributed by atoms with Gasteiger partial charge in [-0.25, -0.2) is 8.42 Å². The number of nitrogens with two attached hydrogens (primary N) is 1. The van der Waals surface area contributed by atoms with Crippen LogP contribution >= 0.6 is 22.9 Å². The summed E-state index contributed by atoms with van der Waals surface area (Å²) >= 11 is 7.94. The summed E-state index contributed by atoms with van der Waals surface area (Å²) in [5.41, 5.74) is 5.52. The van der Waals surface area contributed by atoms with Crippen LogP contribution in [0.2, 0.25) is 5.02 Å². The highest BCUT2D eigenvalue weighted by molar-refractivity contribution is 7.89. The Morgan fingerprint density at radius 3 is 2.59 bits per heavy atom. The maximum Gasteiger partial charge on any atom is 0.252 e. The van der Waals surface area contributed by atoms with E-state index in [-0.39, 0.29) is 22.8 Å². The van der Waals surface area contributed by atoms with Crippen molar-refractivity contribution in [3.8, 4) is 5.75 Å². The fraction of sp³-hybridized carbons (Fsp3) is 0.250. The molecule has 0 saturated carbocycles. The number of sulfonamides is 1. The van der Waals surface area contributed by atoms with Crippen LogP contribution in [0.25, 0.3) is 10.1 Å². The molecule has 0 radical (unpaired) electrons. The number of nitrogens with zero attached hydrogens (tertiary/aromatic N) is 1. The van der Waals surface area contributed by atoms with Crippen LogP contribution in [0.5, 0.6) is 5.75 Å². The highest BCUT2D eigenvalue weighted by Crippen LogP contribution is 2.36. The molecule has 0 atom stereocenters. The van der Waals surface area contributed by atoms with E-state index >= 15 is 0 Å². The number of hydrogen-bond acceptors (Lipinski definition) is 5. The van der Waals surface area contributed by atoms with Crippen LogP contribution in [0.1, 0.15) is 28.1 Å².